The van der Waals surface area contributed by atoms with Crippen molar-refractivity contribution in [2.75, 3.05) is 27.3 Å². The molecule has 0 aliphatic rings. The molecule has 1 amide bonds. The Morgan fingerprint density at radius 2 is 1.62 bits per heavy atom. The van der Waals surface area contributed by atoms with Crippen LogP contribution >= 0.6 is 0 Å². The van der Waals surface area contributed by atoms with Crippen LogP contribution in [0, 0.1) is 0 Å². The number of benzene rings is 3. The standard InChI is InChI=1S/C25H27N3O5S/c1-32-22-12-14-23(15-13-22)34(30,31)28(17-16-20-8-4-3-5-9-20)19-25(29)27-26-18-21-10-6-7-11-24(21)33-2/h3-15,18H,16-17,19H2,1-2H3,(H,27,29)/b26-18-. The van der Waals surface area contributed by atoms with Gasteiger partial charge in [-0.15, -0.1) is 0 Å². The fourth-order valence-corrected chi connectivity index (χ4v) is 4.62. The molecule has 0 atom stereocenters. The molecule has 0 aliphatic heterocycles. The predicted molar refractivity (Wildman–Crippen MR) is 131 cm³/mol. The second-order valence-corrected chi connectivity index (χ2v) is 9.22. The van der Waals surface area contributed by atoms with Crippen LogP contribution in [-0.2, 0) is 21.2 Å². The summed E-state index contributed by atoms with van der Waals surface area (Å²) < 4.78 is 38.1. The van der Waals surface area contributed by atoms with E-state index in [0.717, 1.165) is 9.87 Å². The number of carbonyl (C=O) groups excluding carboxylic acids is 1. The van der Waals surface area contributed by atoms with Crippen molar-refractivity contribution in [2.24, 2.45) is 5.10 Å². The van der Waals surface area contributed by atoms with Gasteiger partial charge in [-0.3, -0.25) is 4.79 Å². The Kier molecular flexibility index (Phi) is 8.78. The van der Waals surface area contributed by atoms with E-state index in [-0.39, 0.29) is 18.0 Å². The van der Waals surface area contributed by atoms with Crippen molar-refractivity contribution in [3.8, 4) is 11.5 Å². The third-order valence-electron chi connectivity index (χ3n) is 5.04. The Morgan fingerprint density at radius 1 is 0.941 bits per heavy atom. The third-order valence-corrected chi connectivity index (χ3v) is 6.90. The third kappa shape index (κ3) is 6.66. The van der Waals surface area contributed by atoms with Crippen LogP contribution in [0.2, 0.25) is 0 Å². The van der Waals surface area contributed by atoms with Crippen LogP contribution in [0.4, 0.5) is 0 Å². The summed E-state index contributed by atoms with van der Waals surface area (Å²) in [5.41, 5.74) is 4.04. The van der Waals surface area contributed by atoms with E-state index < -0.39 is 15.9 Å². The minimum absolute atomic E-state index is 0.0756. The number of hydrazone groups is 1. The molecule has 0 saturated heterocycles. The van der Waals surface area contributed by atoms with Crippen molar-refractivity contribution < 1.29 is 22.7 Å². The van der Waals surface area contributed by atoms with Gasteiger partial charge in [0.15, 0.2) is 0 Å². The van der Waals surface area contributed by atoms with Crippen LogP contribution in [0.3, 0.4) is 0 Å². The lowest BCUT2D eigenvalue weighted by Gasteiger charge is -2.21. The molecule has 0 radical (unpaired) electrons. The molecule has 0 bridgehead atoms. The highest BCUT2D eigenvalue weighted by Gasteiger charge is 2.26. The van der Waals surface area contributed by atoms with Crippen LogP contribution in [0.5, 0.6) is 11.5 Å². The number of para-hydroxylation sites is 1. The Bertz CT molecular complexity index is 1210. The van der Waals surface area contributed by atoms with E-state index in [1.165, 1.54) is 25.5 Å². The zero-order chi connectivity index (χ0) is 24.4. The quantitative estimate of drug-likeness (QED) is 0.335. The van der Waals surface area contributed by atoms with Gasteiger partial charge in [0.2, 0.25) is 10.0 Å². The average molecular weight is 482 g/mol. The van der Waals surface area contributed by atoms with Gasteiger partial charge in [0.05, 0.1) is 31.9 Å². The number of hydrogen-bond donors (Lipinski definition) is 1. The molecule has 0 saturated carbocycles. The molecule has 0 unspecified atom stereocenters. The van der Waals surface area contributed by atoms with Crippen molar-refractivity contribution in [3.05, 3.63) is 90.0 Å². The molecule has 0 spiro atoms. The van der Waals surface area contributed by atoms with Crippen molar-refractivity contribution in [2.45, 2.75) is 11.3 Å². The predicted octanol–water partition coefficient (Wildman–Crippen LogP) is 3.09. The molecule has 1 N–H and O–H groups in total. The van der Waals surface area contributed by atoms with Gasteiger partial charge >= 0.3 is 0 Å². The lowest BCUT2D eigenvalue weighted by Crippen LogP contribution is -2.40. The Hall–Kier alpha value is -3.69. The maximum absolute atomic E-state index is 13.3. The first-order valence-electron chi connectivity index (χ1n) is 10.6. The number of rotatable bonds is 11. The van der Waals surface area contributed by atoms with E-state index in [0.29, 0.717) is 23.5 Å². The maximum atomic E-state index is 13.3. The number of ether oxygens (including phenoxy) is 2. The molecule has 9 heteroatoms. The lowest BCUT2D eigenvalue weighted by atomic mass is 10.1. The summed E-state index contributed by atoms with van der Waals surface area (Å²) >= 11 is 0. The van der Waals surface area contributed by atoms with Gasteiger partial charge in [-0.2, -0.15) is 9.41 Å². The molecule has 3 aromatic carbocycles. The molecule has 0 aromatic heterocycles. The molecule has 0 fully saturated rings. The van der Waals surface area contributed by atoms with E-state index in [2.05, 4.69) is 10.5 Å². The van der Waals surface area contributed by atoms with Crippen LogP contribution < -0.4 is 14.9 Å². The number of carbonyl (C=O) groups is 1. The summed E-state index contributed by atoms with van der Waals surface area (Å²) in [6, 6.07) is 22.7. The highest BCUT2D eigenvalue weighted by Crippen LogP contribution is 2.20. The van der Waals surface area contributed by atoms with Crippen LogP contribution in [0.25, 0.3) is 0 Å². The number of nitrogens with zero attached hydrogens (tertiary/aromatic N) is 2. The van der Waals surface area contributed by atoms with Crippen molar-refractivity contribution in [3.63, 3.8) is 0 Å². The van der Waals surface area contributed by atoms with Gasteiger partial charge < -0.3 is 9.47 Å². The molecule has 3 rings (SSSR count). The lowest BCUT2D eigenvalue weighted by molar-refractivity contribution is -0.121. The highest BCUT2D eigenvalue weighted by atomic mass is 32.2. The zero-order valence-electron chi connectivity index (χ0n) is 19.0. The summed E-state index contributed by atoms with van der Waals surface area (Å²) in [7, 11) is -0.887. The summed E-state index contributed by atoms with van der Waals surface area (Å²) in [4.78, 5) is 12.7. The number of nitrogens with one attached hydrogen (secondary N) is 1. The molecule has 3 aromatic rings. The topological polar surface area (TPSA) is 97.3 Å². The fourth-order valence-electron chi connectivity index (χ4n) is 3.22. The zero-order valence-corrected chi connectivity index (χ0v) is 19.9. The highest BCUT2D eigenvalue weighted by molar-refractivity contribution is 7.89. The van der Waals surface area contributed by atoms with E-state index in [4.69, 9.17) is 9.47 Å². The first-order valence-corrected chi connectivity index (χ1v) is 12.0. The van der Waals surface area contributed by atoms with E-state index >= 15 is 0 Å². The normalized spacial score (nSPS) is 11.5. The van der Waals surface area contributed by atoms with Gasteiger partial charge in [0.25, 0.3) is 5.91 Å². The van der Waals surface area contributed by atoms with Crippen molar-refractivity contribution in [1.82, 2.24) is 9.73 Å². The van der Waals surface area contributed by atoms with E-state index in [1.807, 2.05) is 42.5 Å². The molecule has 178 valence electrons. The van der Waals surface area contributed by atoms with E-state index in [1.54, 1.807) is 31.4 Å². The second kappa shape index (κ2) is 12.0. The largest absolute Gasteiger partial charge is 0.497 e. The molecule has 34 heavy (non-hydrogen) atoms. The molecule has 8 nitrogen and oxygen atoms in total. The minimum atomic E-state index is -3.93. The smallest absolute Gasteiger partial charge is 0.255 e. The summed E-state index contributed by atoms with van der Waals surface area (Å²) in [6.45, 7) is -0.257. The number of methoxy groups -OCH3 is 2. The van der Waals surface area contributed by atoms with Gasteiger partial charge in [0, 0.05) is 12.1 Å². The van der Waals surface area contributed by atoms with Crippen molar-refractivity contribution in [1.29, 1.82) is 0 Å². The molecule has 0 aliphatic carbocycles. The van der Waals surface area contributed by atoms with E-state index in [9.17, 15) is 13.2 Å². The van der Waals surface area contributed by atoms with Gasteiger partial charge in [-0.25, -0.2) is 13.8 Å². The first-order chi connectivity index (χ1) is 16.4. The van der Waals surface area contributed by atoms with Gasteiger partial charge in [0.1, 0.15) is 11.5 Å². The summed E-state index contributed by atoms with van der Waals surface area (Å²) in [6.07, 6.45) is 1.90. The first kappa shape index (κ1) is 24.9. The second-order valence-electron chi connectivity index (χ2n) is 7.28. The van der Waals surface area contributed by atoms with Crippen molar-refractivity contribution >= 4 is 22.1 Å². The minimum Gasteiger partial charge on any atom is -0.497 e. The summed E-state index contributed by atoms with van der Waals surface area (Å²) in [5.74, 6) is 0.585. The molecular formula is C25H27N3O5S. The fraction of sp³-hybridized carbons (Fsp3) is 0.200. The summed E-state index contributed by atoms with van der Waals surface area (Å²) in [5, 5.41) is 3.96. The molecule has 0 heterocycles. The monoisotopic (exact) mass is 481 g/mol. The Morgan fingerprint density at radius 3 is 2.29 bits per heavy atom. The Labute approximate surface area is 199 Å². The number of sulfonamides is 1. The Balaban J connectivity index is 1.75. The number of amides is 1. The van der Waals surface area contributed by atoms with Gasteiger partial charge in [-0.05, 0) is 48.4 Å². The van der Waals surface area contributed by atoms with Crippen LogP contribution in [0.15, 0.2) is 88.9 Å². The maximum Gasteiger partial charge on any atom is 0.255 e. The van der Waals surface area contributed by atoms with Crippen LogP contribution in [0.1, 0.15) is 11.1 Å². The average Bonchev–Trinajstić information content (AvgIpc) is 2.87. The molecular weight excluding hydrogens is 454 g/mol. The van der Waals surface area contributed by atoms with Gasteiger partial charge in [-0.1, -0.05) is 42.5 Å². The van der Waals surface area contributed by atoms with Crippen LogP contribution in [-0.4, -0.2) is 52.2 Å². The number of hydrogen-bond acceptors (Lipinski definition) is 6. The SMILES string of the molecule is COc1ccc(S(=O)(=O)N(CCc2ccccc2)CC(=O)N/N=C\c2ccccc2OC)cc1.